The maximum Gasteiger partial charge on any atom is 0.573 e. The van der Waals surface area contributed by atoms with Crippen LogP contribution in [-0.2, 0) is 23.8 Å². The Morgan fingerprint density at radius 3 is 2.42 bits per heavy atom. The molecule has 0 amide bonds. The average molecular weight is 377 g/mol. The molecule has 26 heavy (non-hydrogen) atoms. The van der Waals surface area contributed by atoms with Crippen LogP contribution >= 0.6 is 0 Å². The highest BCUT2D eigenvalue weighted by atomic mass is 19.4. The van der Waals surface area contributed by atoms with Crippen molar-refractivity contribution in [2.75, 3.05) is 32.5 Å². The lowest BCUT2D eigenvalue weighted by Gasteiger charge is -2.31. The molecule has 2 rings (SSSR count). The lowest BCUT2D eigenvalue weighted by atomic mass is 10.1. The van der Waals surface area contributed by atoms with Gasteiger partial charge in [0.25, 0.3) is 0 Å². The number of alkyl halides is 3. The first-order valence-electron chi connectivity index (χ1n) is 7.01. The monoisotopic (exact) mass is 377 g/mol. The number of hydrogen-bond donors (Lipinski definition) is 1. The minimum absolute atomic E-state index is 0.216. The molecular weight excluding hydrogens is 363 g/mol. The van der Waals surface area contributed by atoms with Crippen LogP contribution in [0.5, 0.6) is 11.5 Å². The lowest BCUT2D eigenvalue weighted by molar-refractivity contribution is -0.274. The molecule has 0 spiro atoms. The summed E-state index contributed by atoms with van der Waals surface area (Å²) in [5.41, 5.74) is -0.801. The average Bonchev–Trinajstić information content (AvgIpc) is 2.60. The molecule has 0 saturated heterocycles. The number of halogens is 3. The molecule has 11 heteroatoms. The van der Waals surface area contributed by atoms with E-state index in [4.69, 9.17) is 4.74 Å². The van der Waals surface area contributed by atoms with Crippen molar-refractivity contribution in [1.82, 2.24) is 0 Å². The maximum atomic E-state index is 12.4. The van der Waals surface area contributed by atoms with Crippen LogP contribution in [0.15, 0.2) is 29.5 Å². The number of benzene rings is 1. The zero-order valence-corrected chi connectivity index (χ0v) is 13.6. The van der Waals surface area contributed by atoms with Gasteiger partial charge in [-0.25, -0.2) is 9.59 Å². The molecule has 0 fully saturated rings. The van der Waals surface area contributed by atoms with E-state index in [9.17, 15) is 27.9 Å². The predicted molar refractivity (Wildman–Crippen MR) is 79.1 cm³/mol. The summed E-state index contributed by atoms with van der Waals surface area (Å²) < 4.78 is 55.4. The topological polar surface area (TPSA) is 94.5 Å². The van der Waals surface area contributed by atoms with E-state index < -0.39 is 29.8 Å². The number of nitrogens with zero attached hydrogens (tertiary/aromatic N) is 1. The van der Waals surface area contributed by atoms with Gasteiger partial charge in [-0.1, -0.05) is 0 Å². The van der Waals surface area contributed by atoms with Gasteiger partial charge in [-0.05, 0) is 12.1 Å². The number of ether oxygens (including phenoxy) is 4. The third-order valence-corrected chi connectivity index (χ3v) is 3.30. The molecule has 1 aromatic rings. The Morgan fingerprint density at radius 1 is 1.19 bits per heavy atom. The van der Waals surface area contributed by atoms with Crippen molar-refractivity contribution in [2.24, 2.45) is 0 Å². The Balaban J connectivity index is 2.56. The van der Waals surface area contributed by atoms with Crippen molar-refractivity contribution in [3.63, 3.8) is 0 Å². The second kappa shape index (κ2) is 7.52. The standard InChI is InChI=1S/C15H14F3NO7/c1-23-13(21)9-6-25-7-19(12(9)14(22)24-2)10-5-8(3-4-11(10)20)26-15(16,17)18/h3-5,20H,6-7H2,1-2H3. The Bertz CT molecular complexity index is 745. The number of hydrogen-bond acceptors (Lipinski definition) is 8. The third-order valence-electron chi connectivity index (χ3n) is 3.30. The molecular formula is C15H14F3NO7. The molecule has 1 aliphatic rings. The summed E-state index contributed by atoms with van der Waals surface area (Å²) >= 11 is 0. The van der Waals surface area contributed by atoms with Gasteiger partial charge in [0.15, 0.2) is 0 Å². The first-order chi connectivity index (χ1) is 12.2. The molecule has 1 heterocycles. The van der Waals surface area contributed by atoms with Gasteiger partial charge in [-0.15, -0.1) is 13.2 Å². The van der Waals surface area contributed by atoms with E-state index in [1.807, 2.05) is 0 Å². The van der Waals surface area contributed by atoms with E-state index in [0.717, 1.165) is 37.3 Å². The maximum absolute atomic E-state index is 12.4. The number of carbonyl (C=O) groups is 2. The number of aromatic hydroxyl groups is 1. The summed E-state index contributed by atoms with van der Waals surface area (Å²) in [5, 5.41) is 10.0. The van der Waals surface area contributed by atoms with Gasteiger partial charge in [-0.3, -0.25) is 0 Å². The largest absolute Gasteiger partial charge is 0.573 e. The summed E-state index contributed by atoms with van der Waals surface area (Å²) in [4.78, 5) is 25.0. The first-order valence-corrected chi connectivity index (χ1v) is 7.01. The van der Waals surface area contributed by atoms with Gasteiger partial charge in [0.05, 0.1) is 32.1 Å². The second-order valence-electron chi connectivity index (χ2n) is 4.91. The smallest absolute Gasteiger partial charge is 0.506 e. The van der Waals surface area contributed by atoms with E-state index in [1.165, 1.54) is 0 Å². The number of rotatable bonds is 4. The van der Waals surface area contributed by atoms with E-state index in [2.05, 4.69) is 14.2 Å². The number of phenols is 1. The number of esters is 2. The predicted octanol–water partition coefficient (Wildman–Crippen LogP) is 1.68. The summed E-state index contributed by atoms with van der Waals surface area (Å²) in [6.07, 6.45) is -4.95. The fourth-order valence-corrected chi connectivity index (χ4v) is 2.25. The number of methoxy groups -OCH3 is 2. The van der Waals surface area contributed by atoms with Crippen LogP contribution in [0.4, 0.5) is 18.9 Å². The Labute approximate surface area is 145 Å². The molecule has 0 unspecified atom stereocenters. The van der Waals surface area contributed by atoms with Crippen LogP contribution in [0.2, 0.25) is 0 Å². The minimum atomic E-state index is -4.95. The highest BCUT2D eigenvalue weighted by Crippen LogP contribution is 2.37. The molecule has 0 atom stereocenters. The zero-order valence-electron chi connectivity index (χ0n) is 13.6. The van der Waals surface area contributed by atoms with E-state index >= 15 is 0 Å². The van der Waals surface area contributed by atoms with Crippen molar-refractivity contribution in [2.45, 2.75) is 6.36 Å². The van der Waals surface area contributed by atoms with E-state index in [-0.39, 0.29) is 30.3 Å². The molecule has 0 radical (unpaired) electrons. The SMILES string of the molecule is COC(=O)C1=C(C(=O)OC)N(c2cc(OC(F)(F)F)ccc2O)COC1. The molecule has 0 aromatic heterocycles. The van der Waals surface area contributed by atoms with Crippen LogP contribution in [0.25, 0.3) is 0 Å². The van der Waals surface area contributed by atoms with Crippen LogP contribution in [0, 0.1) is 0 Å². The van der Waals surface area contributed by atoms with Crippen molar-refractivity contribution in [1.29, 1.82) is 0 Å². The fourth-order valence-electron chi connectivity index (χ4n) is 2.25. The Morgan fingerprint density at radius 2 is 1.85 bits per heavy atom. The minimum Gasteiger partial charge on any atom is -0.506 e. The number of carbonyl (C=O) groups excluding carboxylic acids is 2. The first kappa shape index (κ1) is 19.4. The van der Waals surface area contributed by atoms with Gasteiger partial charge in [0.2, 0.25) is 0 Å². The van der Waals surface area contributed by atoms with Crippen LogP contribution in [0.1, 0.15) is 0 Å². The highest BCUT2D eigenvalue weighted by molar-refractivity contribution is 6.03. The third kappa shape index (κ3) is 4.17. The van der Waals surface area contributed by atoms with E-state index in [1.54, 1.807) is 0 Å². The second-order valence-corrected chi connectivity index (χ2v) is 4.91. The van der Waals surface area contributed by atoms with Gasteiger partial charge in [0, 0.05) is 6.07 Å². The molecule has 1 aromatic carbocycles. The number of anilines is 1. The molecule has 0 saturated carbocycles. The molecule has 0 aliphatic carbocycles. The zero-order chi connectivity index (χ0) is 19.5. The molecule has 1 N–H and O–H groups in total. The van der Waals surface area contributed by atoms with Gasteiger partial charge in [-0.2, -0.15) is 0 Å². The lowest BCUT2D eigenvalue weighted by Crippen LogP contribution is -2.38. The van der Waals surface area contributed by atoms with Crippen LogP contribution in [-0.4, -0.2) is 51.0 Å². The van der Waals surface area contributed by atoms with Gasteiger partial charge < -0.3 is 29.0 Å². The number of phenolic OH excluding ortho intramolecular Hbond substituents is 1. The fraction of sp³-hybridized carbons (Fsp3) is 0.333. The van der Waals surface area contributed by atoms with Crippen molar-refractivity contribution in [3.8, 4) is 11.5 Å². The molecule has 0 bridgehead atoms. The molecule has 1 aliphatic heterocycles. The summed E-state index contributed by atoms with van der Waals surface area (Å²) in [6, 6.07) is 2.67. The van der Waals surface area contributed by atoms with E-state index in [0.29, 0.717) is 0 Å². The van der Waals surface area contributed by atoms with Gasteiger partial charge >= 0.3 is 18.3 Å². The Kier molecular flexibility index (Phi) is 5.60. The summed E-state index contributed by atoms with van der Waals surface area (Å²) in [7, 11) is 2.14. The van der Waals surface area contributed by atoms with Crippen molar-refractivity contribution in [3.05, 3.63) is 29.5 Å². The van der Waals surface area contributed by atoms with Crippen LogP contribution < -0.4 is 9.64 Å². The quantitative estimate of drug-likeness (QED) is 0.793. The molecule has 8 nitrogen and oxygen atoms in total. The van der Waals surface area contributed by atoms with Gasteiger partial charge in [0.1, 0.15) is 23.9 Å². The van der Waals surface area contributed by atoms with Crippen molar-refractivity contribution >= 4 is 17.6 Å². The van der Waals surface area contributed by atoms with Crippen molar-refractivity contribution < 1.29 is 46.8 Å². The molecule has 142 valence electrons. The summed E-state index contributed by atoms with van der Waals surface area (Å²) in [5.74, 6) is -2.97. The highest BCUT2D eigenvalue weighted by Gasteiger charge is 2.35. The van der Waals surface area contributed by atoms with Crippen LogP contribution in [0.3, 0.4) is 0 Å². The Hall–Kier alpha value is -2.95. The normalized spacial score (nSPS) is 14.9. The summed E-state index contributed by atoms with van der Waals surface area (Å²) in [6.45, 7) is -0.624.